The van der Waals surface area contributed by atoms with E-state index in [1.807, 2.05) is 24.3 Å². The number of amides is 1. The van der Waals surface area contributed by atoms with Gasteiger partial charge in [0.1, 0.15) is 0 Å². The molecule has 1 aromatic rings. The van der Waals surface area contributed by atoms with Crippen molar-refractivity contribution < 1.29 is 4.79 Å². The molecule has 0 radical (unpaired) electrons. The topological polar surface area (TPSA) is 41.1 Å². The summed E-state index contributed by atoms with van der Waals surface area (Å²) in [6.07, 6.45) is 3.54. The first-order chi connectivity index (χ1) is 8.77. The lowest BCUT2D eigenvalue weighted by Gasteiger charge is -2.22. The van der Waals surface area contributed by atoms with Crippen LogP contribution in [0.3, 0.4) is 0 Å². The second-order valence-corrected chi connectivity index (χ2v) is 5.57. The number of carbonyl (C=O) groups is 1. The Morgan fingerprint density at radius 1 is 1.33 bits per heavy atom. The van der Waals surface area contributed by atoms with Crippen LogP contribution >= 0.6 is 15.9 Å². The van der Waals surface area contributed by atoms with E-state index in [2.05, 4.69) is 26.6 Å². The number of nitrogens with one attached hydrogen (secondary N) is 2. The highest BCUT2D eigenvalue weighted by molar-refractivity contribution is 9.10. The molecule has 0 atom stereocenters. The summed E-state index contributed by atoms with van der Waals surface area (Å²) in [7, 11) is 0. The van der Waals surface area contributed by atoms with Crippen molar-refractivity contribution in [1.82, 2.24) is 10.6 Å². The van der Waals surface area contributed by atoms with E-state index in [4.69, 9.17) is 0 Å². The maximum absolute atomic E-state index is 12.0. The van der Waals surface area contributed by atoms with Gasteiger partial charge in [-0.1, -0.05) is 12.1 Å². The normalized spacial score (nSPS) is 16.5. The van der Waals surface area contributed by atoms with E-state index in [0.29, 0.717) is 5.56 Å². The van der Waals surface area contributed by atoms with Gasteiger partial charge in [-0.25, -0.2) is 0 Å². The van der Waals surface area contributed by atoms with Crippen LogP contribution in [0.2, 0.25) is 0 Å². The molecule has 2 rings (SSSR count). The van der Waals surface area contributed by atoms with Gasteiger partial charge >= 0.3 is 0 Å². The van der Waals surface area contributed by atoms with Crippen molar-refractivity contribution in [3.05, 3.63) is 34.3 Å². The molecule has 98 valence electrons. The third-order valence-electron chi connectivity index (χ3n) is 3.42. The lowest BCUT2D eigenvalue weighted by molar-refractivity contribution is 0.0950. The standard InChI is InChI=1S/C14H19BrN2O/c15-13-4-2-1-3-12(13)14(18)17-10-7-11-5-8-16-9-6-11/h1-4,11,16H,5-10H2,(H,17,18). The highest BCUT2D eigenvalue weighted by atomic mass is 79.9. The molecule has 1 fully saturated rings. The number of carbonyl (C=O) groups excluding carboxylic acids is 1. The number of hydrogen-bond acceptors (Lipinski definition) is 2. The Morgan fingerprint density at radius 3 is 2.78 bits per heavy atom. The zero-order chi connectivity index (χ0) is 12.8. The summed E-state index contributed by atoms with van der Waals surface area (Å²) in [6, 6.07) is 7.52. The molecule has 0 saturated carbocycles. The third kappa shape index (κ3) is 3.82. The van der Waals surface area contributed by atoms with Gasteiger partial charge in [-0.3, -0.25) is 4.79 Å². The second-order valence-electron chi connectivity index (χ2n) is 4.72. The van der Waals surface area contributed by atoms with Crippen molar-refractivity contribution in [1.29, 1.82) is 0 Å². The molecule has 0 aliphatic carbocycles. The number of hydrogen-bond donors (Lipinski definition) is 2. The fourth-order valence-electron chi connectivity index (χ4n) is 2.30. The van der Waals surface area contributed by atoms with Gasteiger partial charge in [0.25, 0.3) is 5.91 Å². The van der Waals surface area contributed by atoms with Crippen LogP contribution in [-0.2, 0) is 0 Å². The van der Waals surface area contributed by atoms with Crippen LogP contribution < -0.4 is 10.6 Å². The quantitative estimate of drug-likeness (QED) is 0.897. The SMILES string of the molecule is O=C(NCCC1CCNCC1)c1ccccc1Br. The molecule has 0 unspecified atom stereocenters. The summed E-state index contributed by atoms with van der Waals surface area (Å²) in [5, 5.41) is 6.35. The van der Waals surface area contributed by atoms with Crippen LogP contribution in [0.4, 0.5) is 0 Å². The van der Waals surface area contributed by atoms with E-state index in [1.54, 1.807) is 0 Å². The second kappa shape index (κ2) is 6.90. The minimum absolute atomic E-state index is 0.0106. The summed E-state index contributed by atoms with van der Waals surface area (Å²) < 4.78 is 0.851. The molecule has 2 N–H and O–H groups in total. The summed E-state index contributed by atoms with van der Waals surface area (Å²) in [5.74, 6) is 0.766. The van der Waals surface area contributed by atoms with E-state index < -0.39 is 0 Å². The Kier molecular flexibility index (Phi) is 5.20. The van der Waals surface area contributed by atoms with Crippen LogP contribution in [0.1, 0.15) is 29.6 Å². The van der Waals surface area contributed by atoms with E-state index >= 15 is 0 Å². The molecule has 0 spiro atoms. The Labute approximate surface area is 116 Å². The van der Waals surface area contributed by atoms with E-state index in [1.165, 1.54) is 12.8 Å². The zero-order valence-corrected chi connectivity index (χ0v) is 12.0. The molecule has 3 nitrogen and oxygen atoms in total. The minimum atomic E-state index is 0.0106. The molecule has 1 aliphatic rings. The molecule has 1 aliphatic heterocycles. The third-order valence-corrected chi connectivity index (χ3v) is 4.11. The predicted molar refractivity (Wildman–Crippen MR) is 76.7 cm³/mol. The van der Waals surface area contributed by atoms with Crippen molar-refractivity contribution in [3.8, 4) is 0 Å². The van der Waals surface area contributed by atoms with Crippen LogP contribution in [0.5, 0.6) is 0 Å². The Hall–Kier alpha value is -0.870. The first-order valence-corrected chi connectivity index (χ1v) is 7.30. The Morgan fingerprint density at radius 2 is 2.06 bits per heavy atom. The Balaban J connectivity index is 1.76. The highest BCUT2D eigenvalue weighted by Gasteiger charge is 2.13. The van der Waals surface area contributed by atoms with Crippen molar-refractivity contribution in [2.75, 3.05) is 19.6 Å². The summed E-state index contributed by atoms with van der Waals surface area (Å²) in [6.45, 7) is 3.00. The lowest BCUT2D eigenvalue weighted by atomic mass is 9.95. The summed E-state index contributed by atoms with van der Waals surface area (Å²) in [5.41, 5.74) is 0.711. The molecule has 1 amide bonds. The van der Waals surface area contributed by atoms with E-state index in [9.17, 15) is 4.79 Å². The molecule has 1 aromatic carbocycles. The smallest absolute Gasteiger partial charge is 0.252 e. The number of benzene rings is 1. The van der Waals surface area contributed by atoms with Crippen LogP contribution in [0.25, 0.3) is 0 Å². The van der Waals surface area contributed by atoms with Gasteiger partial charge in [0.05, 0.1) is 5.56 Å². The zero-order valence-electron chi connectivity index (χ0n) is 10.4. The van der Waals surface area contributed by atoms with Crippen LogP contribution in [0, 0.1) is 5.92 Å². The highest BCUT2D eigenvalue weighted by Crippen LogP contribution is 2.17. The van der Waals surface area contributed by atoms with Crippen molar-refractivity contribution >= 4 is 21.8 Å². The van der Waals surface area contributed by atoms with Gasteiger partial charge in [0.2, 0.25) is 0 Å². The number of rotatable bonds is 4. The molecule has 1 heterocycles. The van der Waals surface area contributed by atoms with Gasteiger partial charge in [-0.05, 0) is 66.3 Å². The fraction of sp³-hybridized carbons (Fsp3) is 0.500. The van der Waals surface area contributed by atoms with Crippen LogP contribution in [0.15, 0.2) is 28.7 Å². The summed E-state index contributed by atoms with van der Waals surface area (Å²) in [4.78, 5) is 12.0. The molecule has 0 aromatic heterocycles. The van der Waals surface area contributed by atoms with Crippen molar-refractivity contribution in [2.45, 2.75) is 19.3 Å². The number of halogens is 1. The maximum Gasteiger partial charge on any atom is 0.252 e. The van der Waals surface area contributed by atoms with Crippen LogP contribution in [-0.4, -0.2) is 25.5 Å². The van der Waals surface area contributed by atoms with Crippen molar-refractivity contribution in [3.63, 3.8) is 0 Å². The molecular formula is C14H19BrN2O. The maximum atomic E-state index is 12.0. The predicted octanol–water partition coefficient (Wildman–Crippen LogP) is 2.57. The number of piperidine rings is 1. The average Bonchev–Trinajstić information content (AvgIpc) is 2.40. The Bertz CT molecular complexity index is 403. The fourth-order valence-corrected chi connectivity index (χ4v) is 2.77. The lowest BCUT2D eigenvalue weighted by Crippen LogP contribution is -2.31. The molecule has 1 saturated heterocycles. The molecule has 4 heteroatoms. The average molecular weight is 311 g/mol. The first kappa shape index (κ1) is 13.6. The molecular weight excluding hydrogens is 292 g/mol. The van der Waals surface area contributed by atoms with Crippen molar-refractivity contribution in [2.24, 2.45) is 5.92 Å². The van der Waals surface area contributed by atoms with Gasteiger partial charge in [-0.2, -0.15) is 0 Å². The van der Waals surface area contributed by atoms with Gasteiger partial charge in [0.15, 0.2) is 0 Å². The van der Waals surface area contributed by atoms with Gasteiger partial charge in [0, 0.05) is 11.0 Å². The van der Waals surface area contributed by atoms with Gasteiger partial charge in [-0.15, -0.1) is 0 Å². The van der Waals surface area contributed by atoms with E-state index in [-0.39, 0.29) is 5.91 Å². The summed E-state index contributed by atoms with van der Waals surface area (Å²) >= 11 is 3.40. The monoisotopic (exact) mass is 310 g/mol. The van der Waals surface area contributed by atoms with E-state index in [0.717, 1.165) is 36.4 Å². The minimum Gasteiger partial charge on any atom is -0.352 e. The van der Waals surface area contributed by atoms with Gasteiger partial charge < -0.3 is 10.6 Å². The largest absolute Gasteiger partial charge is 0.352 e. The first-order valence-electron chi connectivity index (χ1n) is 6.51. The molecule has 0 bridgehead atoms. The molecule has 18 heavy (non-hydrogen) atoms.